The number of carbonyl (C=O) groups is 1. The number of hydrogen-bond donors (Lipinski definition) is 1. The monoisotopic (exact) mass is 289 g/mol. The average Bonchev–Trinajstić information content (AvgIpc) is 3.24. The summed E-state index contributed by atoms with van der Waals surface area (Å²) in [6, 6.07) is 2.87. The summed E-state index contributed by atoms with van der Waals surface area (Å²) >= 11 is 0. The summed E-state index contributed by atoms with van der Waals surface area (Å²) in [4.78, 5) is 14.9. The molecule has 1 aliphatic heterocycles. The molecule has 1 aliphatic carbocycles. The molecule has 1 saturated carbocycles. The number of nitrogens with two attached hydrogens (primary N) is 1. The lowest BCUT2D eigenvalue weighted by Crippen LogP contribution is -2.45. The van der Waals surface area contributed by atoms with Crippen LogP contribution in [0.1, 0.15) is 60.4 Å². The Morgan fingerprint density at radius 3 is 2.67 bits per heavy atom. The Hall–Kier alpha value is -1.29. The number of aryl methyl sites for hydroxylation is 1. The second-order valence-corrected chi connectivity index (χ2v) is 6.90. The van der Waals surface area contributed by atoms with E-state index in [2.05, 4.69) is 31.4 Å². The number of piperidine rings is 1. The van der Waals surface area contributed by atoms with Crippen molar-refractivity contribution in [1.82, 2.24) is 9.47 Å². The fraction of sp³-hybridized carbons (Fsp3) is 0.706. The maximum absolute atomic E-state index is 12.9. The molecule has 1 saturated heterocycles. The summed E-state index contributed by atoms with van der Waals surface area (Å²) in [5.74, 6) is 0.634. The number of rotatable bonds is 3. The standard InChI is InChI=1S/C17H27N3O/c1-11-9-16(13(3)20(11)15-6-7-15)17(21)19-8-4-5-14(10-19)12(2)18/h9,12,14-15H,4-8,10,18H2,1-3H3/t12-,14+/m1/s1. The van der Waals surface area contributed by atoms with E-state index in [1.807, 2.05) is 4.90 Å². The van der Waals surface area contributed by atoms with Crippen LogP contribution in [0.2, 0.25) is 0 Å². The molecule has 2 aliphatic rings. The van der Waals surface area contributed by atoms with Gasteiger partial charge < -0.3 is 15.2 Å². The first-order valence-electron chi connectivity index (χ1n) is 8.22. The minimum atomic E-state index is 0.166. The molecule has 1 aromatic heterocycles. The first-order valence-corrected chi connectivity index (χ1v) is 8.22. The van der Waals surface area contributed by atoms with Crippen LogP contribution >= 0.6 is 0 Å². The van der Waals surface area contributed by atoms with Gasteiger partial charge in [0.1, 0.15) is 0 Å². The molecule has 21 heavy (non-hydrogen) atoms. The van der Waals surface area contributed by atoms with Crippen LogP contribution in [0.3, 0.4) is 0 Å². The molecule has 0 aromatic carbocycles. The molecule has 0 bridgehead atoms. The third-order valence-corrected chi connectivity index (χ3v) is 5.12. The summed E-state index contributed by atoms with van der Waals surface area (Å²) in [6.07, 6.45) is 4.71. The van der Waals surface area contributed by atoms with Gasteiger partial charge in [0.25, 0.3) is 5.91 Å². The van der Waals surface area contributed by atoms with Crippen LogP contribution < -0.4 is 5.73 Å². The molecule has 4 nitrogen and oxygen atoms in total. The molecule has 0 radical (unpaired) electrons. The zero-order valence-corrected chi connectivity index (χ0v) is 13.4. The average molecular weight is 289 g/mol. The number of nitrogens with zero attached hydrogens (tertiary/aromatic N) is 2. The van der Waals surface area contributed by atoms with E-state index < -0.39 is 0 Å². The minimum Gasteiger partial charge on any atom is -0.345 e. The van der Waals surface area contributed by atoms with Crippen LogP contribution in [-0.4, -0.2) is 34.5 Å². The molecular weight excluding hydrogens is 262 g/mol. The molecule has 2 atom stereocenters. The van der Waals surface area contributed by atoms with Crippen molar-refractivity contribution in [3.8, 4) is 0 Å². The third-order valence-electron chi connectivity index (χ3n) is 5.12. The number of amides is 1. The van der Waals surface area contributed by atoms with Crippen molar-refractivity contribution in [1.29, 1.82) is 0 Å². The number of carbonyl (C=O) groups excluding carboxylic acids is 1. The summed E-state index contributed by atoms with van der Waals surface area (Å²) in [7, 11) is 0. The van der Waals surface area contributed by atoms with Gasteiger partial charge in [-0.05, 0) is 58.4 Å². The van der Waals surface area contributed by atoms with E-state index in [0.29, 0.717) is 12.0 Å². The van der Waals surface area contributed by atoms with Crippen LogP contribution in [-0.2, 0) is 0 Å². The van der Waals surface area contributed by atoms with Gasteiger partial charge in [0.15, 0.2) is 0 Å². The Morgan fingerprint density at radius 2 is 2.05 bits per heavy atom. The normalized spacial score (nSPS) is 24.2. The molecule has 3 rings (SSSR count). The molecule has 2 fully saturated rings. The molecular formula is C17H27N3O. The van der Waals surface area contributed by atoms with Crippen LogP contribution in [0.25, 0.3) is 0 Å². The highest BCUT2D eigenvalue weighted by molar-refractivity contribution is 5.95. The molecule has 2 heterocycles. The van der Waals surface area contributed by atoms with E-state index >= 15 is 0 Å². The van der Waals surface area contributed by atoms with Gasteiger partial charge in [-0.1, -0.05) is 0 Å². The SMILES string of the molecule is Cc1cc(C(=O)N2CCC[C@H]([C@@H](C)N)C2)c(C)n1C1CC1. The van der Waals surface area contributed by atoms with Crippen molar-refractivity contribution in [3.63, 3.8) is 0 Å². The Labute approximate surface area is 127 Å². The lowest BCUT2D eigenvalue weighted by molar-refractivity contribution is 0.0660. The second-order valence-electron chi connectivity index (χ2n) is 6.90. The first-order chi connectivity index (χ1) is 9.99. The van der Waals surface area contributed by atoms with Gasteiger partial charge in [-0.3, -0.25) is 4.79 Å². The fourth-order valence-corrected chi connectivity index (χ4v) is 3.68. The molecule has 1 amide bonds. The quantitative estimate of drug-likeness (QED) is 0.930. The van der Waals surface area contributed by atoms with Gasteiger partial charge in [0.2, 0.25) is 0 Å². The minimum absolute atomic E-state index is 0.166. The van der Waals surface area contributed by atoms with E-state index in [1.165, 1.54) is 18.5 Å². The molecule has 0 unspecified atom stereocenters. The van der Waals surface area contributed by atoms with E-state index in [0.717, 1.165) is 37.2 Å². The topological polar surface area (TPSA) is 51.3 Å². The summed E-state index contributed by atoms with van der Waals surface area (Å²) in [5, 5.41) is 0. The number of hydrogen-bond acceptors (Lipinski definition) is 2. The zero-order chi connectivity index (χ0) is 15.1. The largest absolute Gasteiger partial charge is 0.345 e. The van der Waals surface area contributed by atoms with Crippen molar-refractivity contribution in [2.45, 2.75) is 58.5 Å². The predicted octanol–water partition coefficient (Wildman–Crippen LogP) is 2.64. The van der Waals surface area contributed by atoms with Gasteiger partial charge in [0, 0.05) is 36.6 Å². The van der Waals surface area contributed by atoms with Gasteiger partial charge in [0.05, 0.1) is 5.56 Å². The highest BCUT2D eigenvalue weighted by atomic mass is 16.2. The third kappa shape index (κ3) is 2.73. The maximum atomic E-state index is 12.9. The van der Waals surface area contributed by atoms with Crippen molar-refractivity contribution >= 4 is 5.91 Å². The lowest BCUT2D eigenvalue weighted by atomic mass is 9.92. The summed E-state index contributed by atoms with van der Waals surface area (Å²) in [6.45, 7) is 7.94. The first kappa shape index (κ1) is 14.6. The summed E-state index contributed by atoms with van der Waals surface area (Å²) < 4.78 is 2.35. The van der Waals surface area contributed by atoms with Crippen molar-refractivity contribution in [3.05, 3.63) is 23.0 Å². The highest BCUT2D eigenvalue weighted by Gasteiger charge is 2.31. The van der Waals surface area contributed by atoms with Crippen molar-refractivity contribution in [2.75, 3.05) is 13.1 Å². The Morgan fingerprint density at radius 1 is 1.33 bits per heavy atom. The highest BCUT2D eigenvalue weighted by Crippen LogP contribution is 2.38. The van der Waals surface area contributed by atoms with Crippen molar-refractivity contribution < 1.29 is 4.79 Å². The molecule has 1 aromatic rings. The van der Waals surface area contributed by atoms with E-state index in [-0.39, 0.29) is 11.9 Å². The van der Waals surface area contributed by atoms with Gasteiger partial charge in [-0.15, -0.1) is 0 Å². The van der Waals surface area contributed by atoms with E-state index in [9.17, 15) is 4.79 Å². The lowest BCUT2D eigenvalue weighted by Gasteiger charge is -2.34. The molecule has 4 heteroatoms. The second kappa shape index (κ2) is 5.48. The van der Waals surface area contributed by atoms with Crippen molar-refractivity contribution in [2.24, 2.45) is 11.7 Å². The smallest absolute Gasteiger partial charge is 0.255 e. The summed E-state index contributed by atoms with van der Waals surface area (Å²) in [5.41, 5.74) is 9.29. The zero-order valence-electron chi connectivity index (χ0n) is 13.4. The number of aromatic nitrogens is 1. The van der Waals surface area contributed by atoms with E-state index in [1.54, 1.807) is 0 Å². The Bertz CT molecular complexity index is 542. The van der Waals surface area contributed by atoms with Gasteiger partial charge in [-0.2, -0.15) is 0 Å². The van der Waals surface area contributed by atoms with Crippen LogP contribution in [0, 0.1) is 19.8 Å². The van der Waals surface area contributed by atoms with Gasteiger partial charge in [-0.25, -0.2) is 0 Å². The Balaban J connectivity index is 1.80. The molecule has 2 N–H and O–H groups in total. The van der Waals surface area contributed by atoms with E-state index in [4.69, 9.17) is 5.73 Å². The Kier molecular flexibility index (Phi) is 3.82. The van der Waals surface area contributed by atoms with Crippen LogP contribution in [0.15, 0.2) is 6.07 Å². The maximum Gasteiger partial charge on any atom is 0.255 e. The fourth-order valence-electron chi connectivity index (χ4n) is 3.68. The molecule has 116 valence electrons. The van der Waals surface area contributed by atoms with Crippen LogP contribution in [0.5, 0.6) is 0 Å². The van der Waals surface area contributed by atoms with Gasteiger partial charge >= 0.3 is 0 Å². The van der Waals surface area contributed by atoms with Crippen LogP contribution in [0.4, 0.5) is 0 Å². The molecule has 0 spiro atoms. The number of likely N-dealkylation sites (tertiary alicyclic amines) is 1. The predicted molar refractivity (Wildman–Crippen MR) is 84.5 cm³/mol.